The summed E-state index contributed by atoms with van der Waals surface area (Å²) in [6.45, 7) is 14.1. The molecule has 1 aromatic carbocycles. The lowest BCUT2D eigenvalue weighted by Crippen LogP contribution is -2.37. The van der Waals surface area contributed by atoms with Gasteiger partial charge in [0.15, 0.2) is 0 Å². The molecule has 0 aromatic heterocycles. The molecule has 0 fully saturated rings. The molecule has 2 atom stereocenters. The molecule has 0 radical (unpaired) electrons. The van der Waals surface area contributed by atoms with Crippen molar-refractivity contribution in [3.05, 3.63) is 53.6 Å². The van der Waals surface area contributed by atoms with Gasteiger partial charge in [-0.15, -0.1) is 0 Å². The smallest absolute Gasteiger partial charge is 0.00392 e. The molecule has 0 amide bonds. The third kappa shape index (κ3) is 2.49. The zero-order valence-electron chi connectivity index (χ0n) is 13.8. The molecule has 0 saturated heterocycles. The van der Waals surface area contributed by atoms with Gasteiger partial charge in [-0.1, -0.05) is 77.1 Å². The van der Waals surface area contributed by atoms with Gasteiger partial charge in [0.2, 0.25) is 0 Å². The molecule has 0 nitrogen and oxygen atoms in total. The first-order valence-electron chi connectivity index (χ1n) is 7.83. The van der Waals surface area contributed by atoms with E-state index in [4.69, 9.17) is 0 Å². The Morgan fingerprint density at radius 1 is 1.00 bits per heavy atom. The Bertz CT molecular complexity index is 516. The van der Waals surface area contributed by atoms with Gasteiger partial charge < -0.3 is 0 Å². The fourth-order valence-corrected chi connectivity index (χ4v) is 3.68. The quantitative estimate of drug-likeness (QED) is 0.634. The van der Waals surface area contributed by atoms with E-state index in [1.54, 1.807) is 5.57 Å². The van der Waals surface area contributed by atoms with Crippen LogP contribution in [0.1, 0.15) is 47.1 Å². The molecular weight excluding hydrogens is 240 g/mol. The van der Waals surface area contributed by atoms with Crippen LogP contribution >= 0.6 is 0 Å². The van der Waals surface area contributed by atoms with Crippen LogP contribution < -0.4 is 0 Å². The summed E-state index contributed by atoms with van der Waals surface area (Å²) in [6.07, 6.45) is 4.78. The van der Waals surface area contributed by atoms with Crippen molar-refractivity contribution in [3.8, 4) is 0 Å². The fourth-order valence-electron chi connectivity index (χ4n) is 3.68. The summed E-state index contributed by atoms with van der Waals surface area (Å²) in [7, 11) is 0. The number of hydrogen-bond donors (Lipinski definition) is 0. The number of allylic oxidation sites excluding steroid dienone is 4. The highest BCUT2D eigenvalue weighted by Crippen LogP contribution is 2.51. The van der Waals surface area contributed by atoms with Gasteiger partial charge in [-0.3, -0.25) is 0 Å². The number of hydrogen-bond acceptors (Lipinski definition) is 0. The minimum atomic E-state index is 0.235. The largest absolute Gasteiger partial charge is 0.0774 e. The fraction of sp³-hybridized carbons (Fsp3) is 0.500. The van der Waals surface area contributed by atoms with Crippen molar-refractivity contribution >= 4 is 5.57 Å². The van der Waals surface area contributed by atoms with Gasteiger partial charge in [0.1, 0.15) is 0 Å². The van der Waals surface area contributed by atoms with E-state index in [1.807, 2.05) is 0 Å². The van der Waals surface area contributed by atoms with Crippen molar-refractivity contribution in [1.82, 2.24) is 0 Å². The summed E-state index contributed by atoms with van der Waals surface area (Å²) < 4.78 is 0. The Labute approximate surface area is 124 Å². The van der Waals surface area contributed by atoms with Crippen LogP contribution in [0.15, 0.2) is 48.1 Å². The maximum atomic E-state index is 2.45. The second kappa shape index (κ2) is 5.60. The monoisotopic (exact) mass is 268 g/mol. The maximum Gasteiger partial charge on any atom is -0.00392 e. The van der Waals surface area contributed by atoms with E-state index in [2.05, 4.69) is 84.0 Å². The maximum absolute atomic E-state index is 2.45. The molecule has 0 bridgehead atoms. The van der Waals surface area contributed by atoms with Crippen molar-refractivity contribution in [3.63, 3.8) is 0 Å². The SMILES string of the molecule is CC1=C(c2ccccc2)C(C(C)C)C(C)(C(C)C)C=C1. The van der Waals surface area contributed by atoms with E-state index in [0.29, 0.717) is 17.8 Å². The lowest BCUT2D eigenvalue weighted by molar-refractivity contribution is 0.176. The van der Waals surface area contributed by atoms with Crippen LogP contribution in [0.2, 0.25) is 0 Å². The molecule has 1 aromatic rings. The third-order valence-electron chi connectivity index (χ3n) is 5.09. The van der Waals surface area contributed by atoms with Crippen LogP contribution in [-0.4, -0.2) is 0 Å². The first-order chi connectivity index (χ1) is 9.38. The van der Waals surface area contributed by atoms with E-state index >= 15 is 0 Å². The summed E-state index contributed by atoms with van der Waals surface area (Å²) in [5.74, 6) is 1.85. The van der Waals surface area contributed by atoms with Crippen molar-refractivity contribution in [2.24, 2.45) is 23.2 Å². The van der Waals surface area contributed by atoms with Gasteiger partial charge in [0.05, 0.1) is 0 Å². The van der Waals surface area contributed by atoms with Crippen molar-refractivity contribution < 1.29 is 0 Å². The van der Waals surface area contributed by atoms with Crippen LogP contribution in [0.4, 0.5) is 0 Å². The van der Waals surface area contributed by atoms with E-state index in [9.17, 15) is 0 Å². The Kier molecular flexibility index (Phi) is 4.22. The highest BCUT2D eigenvalue weighted by molar-refractivity contribution is 5.74. The summed E-state index contributed by atoms with van der Waals surface area (Å²) in [4.78, 5) is 0. The topological polar surface area (TPSA) is 0 Å². The average molecular weight is 268 g/mol. The summed E-state index contributed by atoms with van der Waals surface area (Å²) in [6, 6.07) is 10.9. The van der Waals surface area contributed by atoms with E-state index in [0.717, 1.165) is 0 Å². The zero-order valence-corrected chi connectivity index (χ0v) is 13.8. The lowest BCUT2D eigenvalue weighted by Gasteiger charge is -2.45. The number of benzene rings is 1. The molecule has 0 spiro atoms. The molecule has 108 valence electrons. The van der Waals surface area contributed by atoms with Gasteiger partial charge >= 0.3 is 0 Å². The summed E-state index contributed by atoms with van der Waals surface area (Å²) in [5, 5.41) is 0. The van der Waals surface area contributed by atoms with E-state index in [1.165, 1.54) is 11.1 Å². The predicted octanol–water partition coefficient (Wildman–Crippen LogP) is 5.96. The number of rotatable bonds is 3. The van der Waals surface area contributed by atoms with E-state index in [-0.39, 0.29) is 5.41 Å². The zero-order chi connectivity index (χ0) is 14.9. The highest BCUT2D eigenvalue weighted by atomic mass is 14.4. The van der Waals surface area contributed by atoms with Crippen LogP contribution in [-0.2, 0) is 0 Å². The van der Waals surface area contributed by atoms with Crippen molar-refractivity contribution in [1.29, 1.82) is 0 Å². The normalized spacial score (nSPS) is 26.7. The molecule has 2 rings (SSSR count). The molecule has 0 heterocycles. The highest BCUT2D eigenvalue weighted by Gasteiger charge is 2.41. The third-order valence-corrected chi connectivity index (χ3v) is 5.09. The Hall–Kier alpha value is -1.30. The molecule has 0 heteroatoms. The Morgan fingerprint density at radius 3 is 2.10 bits per heavy atom. The second-order valence-electron chi connectivity index (χ2n) is 7.04. The van der Waals surface area contributed by atoms with Crippen LogP contribution in [0.25, 0.3) is 5.57 Å². The molecule has 0 saturated carbocycles. The Balaban J connectivity index is 2.60. The molecule has 0 aliphatic heterocycles. The van der Waals surface area contributed by atoms with Gasteiger partial charge in [-0.05, 0) is 46.8 Å². The Morgan fingerprint density at radius 2 is 1.60 bits per heavy atom. The molecule has 1 aliphatic rings. The van der Waals surface area contributed by atoms with E-state index < -0.39 is 0 Å². The van der Waals surface area contributed by atoms with Crippen molar-refractivity contribution in [2.45, 2.75) is 41.5 Å². The van der Waals surface area contributed by atoms with Gasteiger partial charge in [-0.25, -0.2) is 0 Å². The summed E-state index contributed by atoms with van der Waals surface area (Å²) in [5.41, 5.74) is 4.59. The predicted molar refractivity (Wildman–Crippen MR) is 89.4 cm³/mol. The minimum absolute atomic E-state index is 0.235. The van der Waals surface area contributed by atoms with Gasteiger partial charge in [0, 0.05) is 0 Å². The minimum Gasteiger partial charge on any atom is -0.0774 e. The average Bonchev–Trinajstić information content (AvgIpc) is 2.41. The van der Waals surface area contributed by atoms with Crippen molar-refractivity contribution in [2.75, 3.05) is 0 Å². The second-order valence-corrected chi connectivity index (χ2v) is 7.04. The lowest BCUT2D eigenvalue weighted by atomic mass is 9.58. The van der Waals surface area contributed by atoms with Gasteiger partial charge in [-0.2, -0.15) is 0 Å². The van der Waals surface area contributed by atoms with Crippen LogP contribution in [0.5, 0.6) is 0 Å². The van der Waals surface area contributed by atoms with Crippen LogP contribution in [0, 0.1) is 23.2 Å². The summed E-state index contributed by atoms with van der Waals surface area (Å²) >= 11 is 0. The molecule has 1 aliphatic carbocycles. The first kappa shape index (κ1) is 15.1. The standard InChI is InChI=1S/C20H28/c1-14(2)19-18(17-10-8-7-9-11-17)16(5)12-13-20(19,6)15(3)4/h7-15,19H,1-6H3. The molecule has 2 unspecified atom stereocenters. The molecule has 20 heavy (non-hydrogen) atoms. The first-order valence-corrected chi connectivity index (χ1v) is 7.83. The van der Waals surface area contributed by atoms with Gasteiger partial charge in [0.25, 0.3) is 0 Å². The van der Waals surface area contributed by atoms with Crippen LogP contribution in [0.3, 0.4) is 0 Å². The molecular formula is C20H28. The molecule has 0 N–H and O–H groups in total.